The van der Waals surface area contributed by atoms with Crippen LogP contribution in [0.1, 0.15) is 18.1 Å². The zero-order valence-corrected chi connectivity index (χ0v) is 14.3. The first-order valence-electron chi connectivity index (χ1n) is 7.12. The van der Waals surface area contributed by atoms with Gasteiger partial charge in [-0.1, -0.05) is 0 Å². The number of aromatic amines is 1. The van der Waals surface area contributed by atoms with E-state index in [4.69, 9.17) is 4.74 Å². The Morgan fingerprint density at radius 1 is 1.18 bits per heavy atom. The maximum Gasteiger partial charge on any atom is 0.172 e. The highest BCUT2D eigenvalue weighted by Gasteiger charge is 2.13. The van der Waals surface area contributed by atoms with Crippen LogP contribution in [0.15, 0.2) is 28.7 Å². The number of nitrogens with zero attached hydrogens (tertiary/aromatic N) is 1. The summed E-state index contributed by atoms with van der Waals surface area (Å²) < 4.78 is 6.05. The number of rotatable bonds is 3. The van der Waals surface area contributed by atoms with E-state index < -0.39 is 0 Å². The van der Waals surface area contributed by atoms with Gasteiger partial charge in [-0.2, -0.15) is 0 Å². The van der Waals surface area contributed by atoms with Crippen molar-refractivity contribution < 1.29 is 9.84 Å². The minimum absolute atomic E-state index is 0.105. The van der Waals surface area contributed by atoms with Crippen LogP contribution in [0, 0.1) is 13.8 Å². The summed E-state index contributed by atoms with van der Waals surface area (Å²) in [5.74, 6) is 1.30. The molecule has 0 spiro atoms. The second-order valence-electron chi connectivity index (χ2n) is 5.28. The maximum atomic E-state index is 10.0. The molecule has 5 heteroatoms. The molecule has 3 aromatic rings. The molecule has 22 heavy (non-hydrogen) atoms. The van der Waals surface area contributed by atoms with E-state index in [9.17, 15) is 5.11 Å². The summed E-state index contributed by atoms with van der Waals surface area (Å²) in [6.45, 7) is 6.53. The highest BCUT2D eigenvalue weighted by atomic mass is 79.9. The lowest BCUT2D eigenvalue weighted by molar-refractivity contribution is 0.317. The van der Waals surface area contributed by atoms with Crippen LogP contribution in [0.5, 0.6) is 11.5 Å². The van der Waals surface area contributed by atoms with Gasteiger partial charge in [0.05, 0.1) is 22.1 Å². The molecule has 0 bridgehead atoms. The Hall–Kier alpha value is -2.01. The van der Waals surface area contributed by atoms with Crippen molar-refractivity contribution in [3.63, 3.8) is 0 Å². The second kappa shape index (κ2) is 5.65. The van der Waals surface area contributed by atoms with Crippen LogP contribution >= 0.6 is 15.9 Å². The summed E-state index contributed by atoms with van der Waals surface area (Å²) in [6, 6.07) is 7.79. The van der Waals surface area contributed by atoms with Crippen molar-refractivity contribution in [3.8, 4) is 22.9 Å². The number of ether oxygens (including phenoxy) is 1. The summed E-state index contributed by atoms with van der Waals surface area (Å²) >= 11 is 3.36. The van der Waals surface area contributed by atoms with Gasteiger partial charge < -0.3 is 14.8 Å². The number of benzene rings is 2. The van der Waals surface area contributed by atoms with Crippen molar-refractivity contribution in [2.24, 2.45) is 0 Å². The molecule has 0 unspecified atom stereocenters. The van der Waals surface area contributed by atoms with E-state index in [1.54, 1.807) is 6.07 Å². The SMILES string of the molecule is CCOc1cc(-c2nc3cc(C)c(C)cc3[nH]2)cc(Br)c1O. The van der Waals surface area contributed by atoms with E-state index in [0.717, 1.165) is 22.4 Å². The van der Waals surface area contributed by atoms with Gasteiger partial charge in [0.1, 0.15) is 5.82 Å². The Balaban J connectivity index is 2.14. The molecule has 0 fully saturated rings. The third-order valence-corrected chi connectivity index (χ3v) is 4.30. The Morgan fingerprint density at radius 3 is 2.64 bits per heavy atom. The van der Waals surface area contributed by atoms with E-state index in [1.165, 1.54) is 11.1 Å². The van der Waals surface area contributed by atoms with Gasteiger partial charge in [-0.05, 0) is 72.1 Å². The summed E-state index contributed by atoms with van der Waals surface area (Å²) in [4.78, 5) is 7.97. The fourth-order valence-corrected chi connectivity index (χ4v) is 2.82. The first-order chi connectivity index (χ1) is 10.5. The van der Waals surface area contributed by atoms with Gasteiger partial charge >= 0.3 is 0 Å². The van der Waals surface area contributed by atoms with Crippen LogP contribution < -0.4 is 4.74 Å². The minimum Gasteiger partial charge on any atom is -0.503 e. The monoisotopic (exact) mass is 360 g/mol. The van der Waals surface area contributed by atoms with Crippen LogP contribution in [0.4, 0.5) is 0 Å². The number of aryl methyl sites for hydroxylation is 2. The minimum atomic E-state index is 0.105. The van der Waals surface area contributed by atoms with E-state index in [1.807, 2.05) is 13.0 Å². The molecule has 0 radical (unpaired) electrons. The van der Waals surface area contributed by atoms with Crippen molar-refractivity contribution in [3.05, 3.63) is 39.9 Å². The predicted molar refractivity (Wildman–Crippen MR) is 91.5 cm³/mol. The topological polar surface area (TPSA) is 58.1 Å². The molecule has 0 aliphatic heterocycles. The Bertz CT molecular complexity index is 816. The van der Waals surface area contributed by atoms with Gasteiger partial charge in [-0.25, -0.2) is 4.98 Å². The molecular formula is C17H17BrN2O2. The van der Waals surface area contributed by atoms with Crippen molar-refractivity contribution in [2.45, 2.75) is 20.8 Å². The van der Waals surface area contributed by atoms with Gasteiger partial charge in [0.2, 0.25) is 0 Å². The second-order valence-corrected chi connectivity index (χ2v) is 6.13. The van der Waals surface area contributed by atoms with Crippen LogP contribution in [0.25, 0.3) is 22.4 Å². The van der Waals surface area contributed by atoms with Crippen LogP contribution in [0.3, 0.4) is 0 Å². The lowest BCUT2D eigenvalue weighted by Crippen LogP contribution is -1.93. The molecule has 1 heterocycles. The number of hydrogen-bond donors (Lipinski definition) is 2. The zero-order valence-electron chi connectivity index (χ0n) is 12.7. The van der Waals surface area contributed by atoms with Crippen molar-refractivity contribution >= 4 is 27.0 Å². The number of aromatic hydroxyl groups is 1. The smallest absolute Gasteiger partial charge is 0.172 e. The first-order valence-corrected chi connectivity index (χ1v) is 7.91. The largest absolute Gasteiger partial charge is 0.503 e. The fraction of sp³-hybridized carbons (Fsp3) is 0.235. The molecule has 4 nitrogen and oxygen atoms in total. The number of aromatic nitrogens is 2. The Labute approximate surface area is 137 Å². The molecule has 0 saturated heterocycles. The predicted octanol–water partition coefficient (Wildman–Crippen LogP) is 4.71. The zero-order chi connectivity index (χ0) is 15.9. The molecule has 0 saturated carbocycles. The standard InChI is InChI=1S/C17H17BrN2O2/c1-4-22-15-8-11(7-12(18)16(15)21)17-19-13-5-9(2)10(3)6-14(13)20-17/h5-8,21H,4H2,1-3H3,(H,19,20). The van der Waals surface area contributed by atoms with Gasteiger partial charge in [0.15, 0.2) is 11.5 Å². The number of fused-ring (bicyclic) bond motifs is 1. The third-order valence-electron chi connectivity index (χ3n) is 3.70. The molecule has 0 aliphatic rings. The number of phenolic OH excluding ortho intramolecular Hbond substituents is 1. The van der Waals surface area contributed by atoms with Gasteiger partial charge in [0.25, 0.3) is 0 Å². The lowest BCUT2D eigenvalue weighted by Gasteiger charge is -2.09. The molecule has 0 atom stereocenters. The van der Waals surface area contributed by atoms with Crippen LogP contribution in [-0.4, -0.2) is 21.7 Å². The van der Waals surface area contributed by atoms with E-state index >= 15 is 0 Å². The highest BCUT2D eigenvalue weighted by Crippen LogP contribution is 2.38. The molecule has 114 valence electrons. The summed E-state index contributed by atoms with van der Waals surface area (Å²) in [6.07, 6.45) is 0. The fourth-order valence-electron chi connectivity index (χ4n) is 2.38. The first kappa shape index (κ1) is 14.9. The summed E-state index contributed by atoms with van der Waals surface area (Å²) in [5.41, 5.74) is 5.23. The molecule has 0 aliphatic carbocycles. The highest BCUT2D eigenvalue weighted by molar-refractivity contribution is 9.10. The van der Waals surface area contributed by atoms with Crippen LogP contribution in [0.2, 0.25) is 0 Å². The summed E-state index contributed by atoms with van der Waals surface area (Å²) in [7, 11) is 0. The molecule has 2 N–H and O–H groups in total. The third kappa shape index (κ3) is 2.57. The maximum absolute atomic E-state index is 10.0. The van der Waals surface area contributed by atoms with Gasteiger partial charge in [-0.3, -0.25) is 0 Å². The Kier molecular flexibility index (Phi) is 3.83. The van der Waals surface area contributed by atoms with E-state index in [0.29, 0.717) is 16.8 Å². The van der Waals surface area contributed by atoms with Gasteiger partial charge in [-0.15, -0.1) is 0 Å². The van der Waals surface area contributed by atoms with Crippen molar-refractivity contribution in [2.75, 3.05) is 6.61 Å². The Morgan fingerprint density at radius 2 is 1.91 bits per heavy atom. The normalized spacial score (nSPS) is 11.1. The molecule has 2 aromatic carbocycles. The number of halogens is 1. The van der Waals surface area contributed by atoms with Crippen molar-refractivity contribution in [1.82, 2.24) is 9.97 Å². The number of phenols is 1. The molecular weight excluding hydrogens is 344 g/mol. The van der Waals surface area contributed by atoms with Gasteiger partial charge in [0, 0.05) is 5.56 Å². The number of nitrogens with one attached hydrogen (secondary N) is 1. The molecule has 0 amide bonds. The molecule has 3 rings (SSSR count). The number of hydrogen-bond acceptors (Lipinski definition) is 3. The average molecular weight is 361 g/mol. The summed E-state index contributed by atoms with van der Waals surface area (Å²) in [5, 5.41) is 10.0. The average Bonchev–Trinajstić information content (AvgIpc) is 2.87. The van der Waals surface area contributed by atoms with E-state index in [2.05, 4.69) is 51.9 Å². The van der Waals surface area contributed by atoms with E-state index in [-0.39, 0.29) is 5.75 Å². The molecule has 1 aromatic heterocycles. The van der Waals surface area contributed by atoms with Crippen LogP contribution in [-0.2, 0) is 0 Å². The quantitative estimate of drug-likeness (QED) is 0.710. The number of H-pyrrole nitrogens is 1. The lowest BCUT2D eigenvalue weighted by atomic mass is 10.1. The van der Waals surface area contributed by atoms with Crippen molar-refractivity contribution in [1.29, 1.82) is 0 Å². The number of imidazole rings is 1.